The molecule has 1 aliphatic rings. The number of rotatable bonds is 5. The molecule has 1 aromatic rings. The third kappa shape index (κ3) is 3.77. The first-order chi connectivity index (χ1) is 9.61. The number of aliphatic hydroxyl groups is 1. The number of hydrogen-bond donors (Lipinski definition) is 1. The van der Waals surface area contributed by atoms with Crippen LogP contribution in [0.25, 0.3) is 0 Å². The Morgan fingerprint density at radius 2 is 2.25 bits per heavy atom. The van der Waals surface area contributed by atoms with E-state index in [9.17, 15) is 10.1 Å². The fraction of sp³-hybridized carbons (Fsp3) is 0.571. The van der Waals surface area contributed by atoms with E-state index in [4.69, 9.17) is 5.11 Å². The number of nitrogens with zero attached hydrogens (tertiary/aromatic N) is 2. The Hall–Kier alpha value is -0.980. The molecule has 5 nitrogen and oxygen atoms in total. The van der Waals surface area contributed by atoms with Crippen molar-refractivity contribution in [3.05, 3.63) is 38.3 Å². The van der Waals surface area contributed by atoms with E-state index in [-0.39, 0.29) is 17.2 Å². The number of aliphatic hydroxyl groups excluding tert-OH is 1. The highest BCUT2D eigenvalue weighted by molar-refractivity contribution is 9.10. The minimum Gasteiger partial charge on any atom is -0.396 e. The Labute approximate surface area is 126 Å². The van der Waals surface area contributed by atoms with Crippen LogP contribution in [0.15, 0.2) is 22.7 Å². The molecule has 0 aromatic heterocycles. The predicted octanol–water partition coefficient (Wildman–Crippen LogP) is 3.09. The van der Waals surface area contributed by atoms with Crippen molar-refractivity contribution >= 4 is 21.6 Å². The van der Waals surface area contributed by atoms with Crippen molar-refractivity contribution in [1.82, 2.24) is 4.90 Å². The Morgan fingerprint density at radius 3 is 2.95 bits per heavy atom. The third-order valence-electron chi connectivity index (χ3n) is 3.82. The van der Waals surface area contributed by atoms with Gasteiger partial charge in [0, 0.05) is 35.3 Å². The maximum Gasteiger partial charge on any atom is 0.273 e. The van der Waals surface area contributed by atoms with Gasteiger partial charge >= 0.3 is 0 Å². The van der Waals surface area contributed by atoms with E-state index in [0.717, 1.165) is 35.8 Å². The molecule has 20 heavy (non-hydrogen) atoms. The number of halogens is 1. The summed E-state index contributed by atoms with van der Waals surface area (Å²) in [5.74, 6) is 0. The maximum absolute atomic E-state index is 11.1. The van der Waals surface area contributed by atoms with Crippen molar-refractivity contribution in [2.45, 2.75) is 38.3 Å². The first kappa shape index (κ1) is 15.4. The van der Waals surface area contributed by atoms with Crippen LogP contribution < -0.4 is 0 Å². The molecule has 1 unspecified atom stereocenters. The summed E-state index contributed by atoms with van der Waals surface area (Å²) in [6.07, 6.45) is 4.08. The fourth-order valence-corrected chi connectivity index (χ4v) is 3.23. The van der Waals surface area contributed by atoms with Gasteiger partial charge in [-0.3, -0.25) is 15.0 Å². The molecular weight excluding hydrogens is 324 g/mol. The molecule has 2 rings (SSSR count). The van der Waals surface area contributed by atoms with Crippen LogP contribution in [0.2, 0.25) is 0 Å². The van der Waals surface area contributed by atoms with Crippen LogP contribution in [-0.4, -0.2) is 34.1 Å². The second-order valence-corrected chi connectivity index (χ2v) is 6.08. The van der Waals surface area contributed by atoms with E-state index in [1.807, 2.05) is 6.07 Å². The van der Waals surface area contributed by atoms with Gasteiger partial charge in [-0.25, -0.2) is 0 Å². The zero-order valence-corrected chi connectivity index (χ0v) is 12.9. The predicted molar refractivity (Wildman–Crippen MR) is 80.5 cm³/mol. The lowest BCUT2D eigenvalue weighted by molar-refractivity contribution is -0.385. The quantitative estimate of drug-likeness (QED) is 0.659. The van der Waals surface area contributed by atoms with E-state index < -0.39 is 0 Å². The van der Waals surface area contributed by atoms with Crippen LogP contribution in [0.5, 0.6) is 0 Å². The average Bonchev–Trinajstić information content (AvgIpc) is 2.41. The standard InChI is InChI=1S/C14H19BrN2O3/c15-12-4-5-14(17(19)20)11(9-12)10-16-7-2-1-3-13(16)6-8-18/h4-5,9,13,18H,1-3,6-8,10H2. The highest BCUT2D eigenvalue weighted by Gasteiger charge is 2.24. The Morgan fingerprint density at radius 1 is 1.45 bits per heavy atom. The van der Waals surface area contributed by atoms with Crippen molar-refractivity contribution < 1.29 is 10.0 Å². The molecule has 1 N–H and O–H groups in total. The number of hydrogen-bond acceptors (Lipinski definition) is 4. The molecule has 6 heteroatoms. The van der Waals surface area contributed by atoms with Crippen LogP contribution >= 0.6 is 15.9 Å². The summed E-state index contributed by atoms with van der Waals surface area (Å²) in [6, 6.07) is 5.39. The number of piperidine rings is 1. The Bertz CT molecular complexity index is 479. The van der Waals surface area contributed by atoms with Gasteiger partial charge in [-0.1, -0.05) is 22.4 Å². The molecule has 1 heterocycles. The van der Waals surface area contributed by atoms with E-state index in [1.54, 1.807) is 12.1 Å². The number of likely N-dealkylation sites (tertiary alicyclic amines) is 1. The topological polar surface area (TPSA) is 66.6 Å². The van der Waals surface area contributed by atoms with Crippen molar-refractivity contribution in [3.63, 3.8) is 0 Å². The Balaban J connectivity index is 2.18. The molecule has 0 amide bonds. The van der Waals surface area contributed by atoms with E-state index in [2.05, 4.69) is 20.8 Å². The molecule has 0 aliphatic carbocycles. The molecule has 1 atom stereocenters. The van der Waals surface area contributed by atoms with Gasteiger partial charge in [0.05, 0.1) is 4.92 Å². The van der Waals surface area contributed by atoms with Gasteiger partial charge in [-0.2, -0.15) is 0 Å². The highest BCUT2D eigenvalue weighted by Crippen LogP contribution is 2.28. The summed E-state index contributed by atoms with van der Waals surface area (Å²) in [5, 5.41) is 20.3. The van der Waals surface area contributed by atoms with Crippen molar-refractivity contribution in [2.75, 3.05) is 13.2 Å². The fourth-order valence-electron chi connectivity index (χ4n) is 2.82. The molecule has 0 saturated carbocycles. The Kier molecular flexibility index (Phi) is 5.51. The number of nitro groups is 1. The molecule has 0 bridgehead atoms. The summed E-state index contributed by atoms with van der Waals surface area (Å²) in [4.78, 5) is 13.0. The molecule has 0 radical (unpaired) electrons. The van der Waals surface area contributed by atoms with Gasteiger partial charge in [0.25, 0.3) is 5.69 Å². The summed E-state index contributed by atoms with van der Waals surface area (Å²) in [7, 11) is 0. The second-order valence-electron chi connectivity index (χ2n) is 5.16. The van der Waals surface area contributed by atoms with Gasteiger partial charge in [0.15, 0.2) is 0 Å². The van der Waals surface area contributed by atoms with Gasteiger partial charge in [0.1, 0.15) is 0 Å². The molecule has 1 saturated heterocycles. The number of nitro benzene ring substituents is 1. The molecular formula is C14H19BrN2O3. The molecule has 1 aliphatic heterocycles. The second kappa shape index (κ2) is 7.15. The molecule has 0 spiro atoms. The monoisotopic (exact) mass is 342 g/mol. The van der Waals surface area contributed by atoms with Crippen molar-refractivity contribution in [1.29, 1.82) is 0 Å². The largest absolute Gasteiger partial charge is 0.396 e. The van der Waals surface area contributed by atoms with Gasteiger partial charge < -0.3 is 5.11 Å². The molecule has 110 valence electrons. The van der Waals surface area contributed by atoms with E-state index >= 15 is 0 Å². The summed E-state index contributed by atoms with van der Waals surface area (Å²) < 4.78 is 0.855. The summed E-state index contributed by atoms with van der Waals surface area (Å²) in [5.41, 5.74) is 0.899. The van der Waals surface area contributed by atoms with Crippen LogP contribution in [0, 0.1) is 10.1 Å². The third-order valence-corrected chi connectivity index (χ3v) is 4.32. The van der Waals surface area contributed by atoms with Crippen LogP contribution in [0.3, 0.4) is 0 Å². The smallest absolute Gasteiger partial charge is 0.273 e. The normalized spacial score (nSPS) is 20.0. The van der Waals surface area contributed by atoms with Crippen LogP contribution in [0.4, 0.5) is 5.69 Å². The first-order valence-corrected chi connectivity index (χ1v) is 7.69. The van der Waals surface area contributed by atoms with E-state index in [0.29, 0.717) is 12.6 Å². The maximum atomic E-state index is 11.1. The highest BCUT2D eigenvalue weighted by atomic mass is 79.9. The lowest BCUT2D eigenvalue weighted by atomic mass is 9.98. The van der Waals surface area contributed by atoms with Gasteiger partial charge in [-0.05, 0) is 37.9 Å². The van der Waals surface area contributed by atoms with Crippen molar-refractivity contribution in [2.24, 2.45) is 0 Å². The SMILES string of the molecule is O=[N+]([O-])c1ccc(Br)cc1CN1CCCCC1CCO. The number of benzene rings is 1. The van der Waals surface area contributed by atoms with Crippen molar-refractivity contribution in [3.8, 4) is 0 Å². The lowest BCUT2D eigenvalue weighted by Crippen LogP contribution is -2.39. The van der Waals surface area contributed by atoms with Gasteiger partial charge in [-0.15, -0.1) is 0 Å². The minimum atomic E-state index is -0.327. The zero-order chi connectivity index (χ0) is 14.5. The molecule has 1 aromatic carbocycles. The van der Waals surface area contributed by atoms with Crippen LogP contribution in [-0.2, 0) is 6.54 Å². The summed E-state index contributed by atoms with van der Waals surface area (Å²) in [6.45, 7) is 1.68. The lowest BCUT2D eigenvalue weighted by Gasteiger charge is -2.35. The zero-order valence-electron chi connectivity index (χ0n) is 11.3. The first-order valence-electron chi connectivity index (χ1n) is 6.89. The average molecular weight is 343 g/mol. The minimum absolute atomic E-state index is 0.168. The molecule has 1 fully saturated rings. The van der Waals surface area contributed by atoms with Gasteiger partial charge in [0.2, 0.25) is 0 Å². The summed E-state index contributed by atoms with van der Waals surface area (Å²) >= 11 is 3.37. The van der Waals surface area contributed by atoms with E-state index in [1.165, 1.54) is 6.42 Å². The van der Waals surface area contributed by atoms with Crippen LogP contribution in [0.1, 0.15) is 31.2 Å².